The summed E-state index contributed by atoms with van der Waals surface area (Å²) in [6, 6.07) is 6.45. The number of ketones is 1. The van der Waals surface area contributed by atoms with Crippen LogP contribution in [0.3, 0.4) is 0 Å². The first-order chi connectivity index (χ1) is 7.45. The minimum absolute atomic E-state index is 0. The predicted molar refractivity (Wildman–Crippen MR) is 66.8 cm³/mol. The van der Waals surface area contributed by atoms with E-state index in [0.717, 1.165) is 0 Å². The fourth-order valence-corrected chi connectivity index (χ4v) is 1.22. The third kappa shape index (κ3) is 4.93. The van der Waals surface area contributed by atoms with Crippen LogP contribution in [0.4, 0.5) is 0 Å². The molecule has 0 saturated heterocycles. The van der Waals surface area contributed by atoms with Crippen LogP contribution in [0, 0.1) is 0 Å². The van der Waals surface area contributed by atoms with E-state index in [1.54, 1.807) is 24.3 Å². The minimum atomic E-state index is -1.37. The summed E-state index contributed by atoms with van der Waals surface area (Å²) in [7, 11) is 0. The summed E-state index contributed by atoms with van der Waals surface area (Å²) in [4.78, 5) is 11.7. The van der Waals surface area contributed by atoms with Crippen molar-refractivity contribution in [2.45, 2.75) is 19.4 Å². The molecule has 1 aromatic carbocycles. The van der Waals surface area contributed by atoms with Gasteiger partial charge in [0.1, 0.15) is 18.0 Å². The molecule has 0 aliphatic heterocycles. The standard InChI is InChI=1S/C12H16O4.Li.H/c1-12(2,15)11(14)9-3-5-10(6-4-9)16-8-7-13;;/h3-6,13,15H,7-8H2,1-2H3;;. The van der Waals surface area contributed by atoms with Gasteiger partial charge >= 0.3 is 18.9 Å². The van der Waals surface area contributed by atoms with E-state index in [-0.39, 0.29) is 37.9 Å². The Bertz CT molecular complexity index is 354. The summed E-state index contributed by atoms with van der Waals surface area (Å²) in [5.41, 5.74) is -0.933. The topological polar surface area (TPSA) is 66.8 Å². The number of benzene rings is 1. The maximum atomic E-state index is 11.7. The van der Waals surface area contributed by atoms with Crippen molar-refractivity contribution in [2.24, 2.45) is 0 Å². The summed E-state index contributed by atoms with van der Waals surface area (Å²) >= 11 is 0. The number of Topliss-reactive ketones (excluding diaryl/α,β-unsaturated/α-hetero) is 1. The van der Waals surface area contributed by atoms with Crippen LogP contribution in [0.5, 0.6) is 5.75 Å². The summed E-state index contributed by atoms with van der Waals surface area (Å²) in [5.74, 6) is 0.252. The van der Waals surface area contributed by atoms with Crippen LogP contribution in [0.2, 0.25) is 0 Å². The molecule has 0 fully saturated rings. The van der Waals surface area contributed by atoms with Crippen LogP contribution in [0.15, 0.2) is 24.3 Å². The number of hydrogen-bond donors (Lipinski definition) is 2. The molecular formula is C12H17LiO4. The number of carbonyl (C=O) groups excluding carboxylic acids is 1. The van der Waals surface area contributed by atoms with Gasteiger partial charge in [-0.3, -0.25) is 4.79 Å². The third-order valence-corrected chi connectivity index (χ3v) is 2.03. The Morgan fingerprint density at radius 2 is 1.82 bits per heavy atom. The Balaban J connectivity index is 0.00000256. The van der Waals surface area contributed by atoms with E-state index in [1.807, 2.05) is 0 Å². The Labute approximate surface area is 113 Å². The van der Waals surface area contributed by atoms with Crippen LogP contribution in [0.1, 0.15) is 24.2 Å². The Morgan fingerprint density at radius 1 is 1.29 bits per heavy atom. The normalized spacial score (nSPS) is 10.6. The molecule has 5 heteroatoms. The van der Waals surface area contributed by atoms with E-state index in [2.05, 4.69) is 0 Å². The fraction of sp³-hybridized carbons (Fsp3) is 0.417. The van der Waals surface area contributed by atoms with Crippen LogP contribution < -0.4 is 4.74 Å². The van der Waals surface area contributed by atoms with Crippen molar-refractivity contribution in [3.8, 4) is 5.75 Å². The number of rotatable bonds is 5. The van der Waals surface area contributed by atoms with E-state index in [0.29, 0.717) is 11.3 Å². The second kappa shape index (κ2) is 6.83. The van der Waals surface area contributed by atoms with Gasteiger partial charge in [-0.1, -0.05) is 0 Å². The summed E-state index contributed by atoms with van der Waals surface area (Å²) < 4.78 is 5.15. The molecule has 0 heterocycles. The van der Waals surface area contributed by atoms with Crippen molar-refractivity contribution in [1.29, 1.82) is 0 Å². The zero-order valence-electron chi connectivity index (χ0n) is 9.43. The van der Waals surface area contributed by atoms with Gasteiger partial charge in [0.25, 0.3) is 0 Å². The molecule has 0 amide bonds. The van der Waals surface area contributed by atoms with Crippen LogP contribution in [0.25, 0.3) is 0 Å². The van der Waals surface area contributed by atoms with Crippen molar-refractivity contribution >= 4 is 24.6 Å². The van der Waals surface area contributed by atoms with Gasteiger partial charge < -0.3 is 14.9 Å². The second-order valence-electron chi connectivity index (χ2n) is 3.98. The molecule has 0 aliphatic carbocycles. The molecule has 2 N–H and O–H groups in total. The predicted octanol–water partition coefficient (Wildman–Crippen LogP) is 0.363. The molecule has 1 aromatic rings. The first-order valence-corrected chi connectivity index (χ1v) is 5.06. The number of ether oxygens (including phenoxy) is 1. The number of hydrogen-bond acceptors (Lipinski definition) is 4. The molecule has 0 aromatic heterocycles. The van der Waals surface area contributed by atoms with E-state index in [9.17, 15) is 9.90 Å². The van der Waals surface area contributed by atoms with Gasteiger partial charge in [-0.25, -0.2) is 0 Å². The SMILES string of the molecule is CC(C)(O)C(=O)c1ccc(OCCO)cc1.[LiH]. The second-order valence-corrected chi connectivity index (χ2v) is 3.98. The first kappa shape index (κ1) is 16.2. The van der Waals surface area contributed by atoms with Crippen molar-refractivity contribution in [1.82, 2.24) is 0 Å². The van der Waals surface area contributed by atoms with Crippen LogP contribution in [-0.4, -0.2) is 53.7 Å². The Kier molecular flexibility index (Phi) is 6.51. The van der Waals surface area contributed by atoms with Gasteiger partial charge in [-0.05, 0) is 38.1 Å². The maximum absolute atomic E-state index is 11.7. The van der Waals surface area contributed by atoms with E-state index < -0.39 is 5.60 Å². The number of aliphatic hydroxyl groups is 2. The molecule has 0 aliphatic rings. The monoisotopic (exact) mass is 232 g/mol. The van der Waals surface area contributed by atoms with Gasteiger partial charge in [0.05, 0.1) is 6.61 Å². The van der Waals surface area contributed by atoms with Crippen molar-refractivity contribution in [2.75, 3.05) is 13.2 Å². The summed E-state index contributed by atoms with van der Waals surface area (Å²) in [6.07, 6.45) is 0. The van der Waals surface area contributed by atoms with Gasteiger partial charge in [0.2, 0.25) is 0 Å². The molecular weight excluding hydrogens is 215 g/mol. The average Bonchev–Trinajstić information content (AvgIpc) is 2.25. The molecule has 0 atom stereocenters. The molecule has 1 rings (SSSR count). The molecule has 4 nitrogen and oxygen atoms in total. The van der Waals surface area contributed by atoms with Gasteiger partial charge in [0, 0.05) is 5.56 Å². The Hall–Kier alpha value is -0.793. The molecule has 17 heavy (non-hydrogen) atoms. The van der Waals surface area contributed by atoms with E-state index in [1.165, 1.54) is 13.8 Å². The van der Waals surface area contributed by atoms with Gasteiger partial charge in [-0.2, -0.15) is 0 Å². The molecule has 0 bridgehead atoms. The fourth-order valence-electron chi connectivity index (χ4n) is 1.22. The van der Waals surface area contributed by atoms with Crippen LogP contribution in [-0.2, 0) is 0 Å². The summed E-state index contributed by atoms with van der Waals surface area (Å²) in [6.45, 7) is 3.07. The zero-order valence-corrected chi connectivity index (χ0v) is 9.43. The van der Waals surface area contributed by atoms with Crippen molar-refractivity contribution in [3.63, 3.8) is 0 Å². The number of carbonyl (C=O) groups is 1. The van der Waals surface area contributed by atoms with Gasteiger partial charge in [0.15, 0.2) is 5.78 Å². The zero-order chi connectivity index (χ0) is 12.2. The summed E-state index contributed by atoms with van der Waals surface area (Å²) in [5, 5.41) is 18.1. The van der Waals surface area contributed by atoms with E-state index >= 15 is 0 Å². The number of aliphatic hydroxyl groups excluding tert-OH is 1. The molecule has 0 saturated carbocycles. The van der Waals surface area contributed by atoms with Gasteiger partial charge in [-0.15, -0.1) is 0 Å². The van der Waals surface area contributed by atoms with Crippen molar-refractivity contribution in [3.05, 3.63) is 29.8 Å². The molecule has 0 radical (unpaired) electrons. The van der Waals surface area contributed by atoms with Crippen LogP contribution >= 0.6 is 0 Å². The average molecular weight is 232 g/mol. The first-order valence-electron chi connectivity index (χ1n) is 5.06. The Morgan fingerprint density at radius 3 is 2.24 bits per heavy atom. The molecule has 0 unspecified atom stereocenters. The molecule has 90 valence electrons. The molecule has 0 spiro atoms. The van der Waals surface area contributed by atoms with Crippen molar-refractivity contribution < 1.29 is 19.7 Å². The quantitative estimate of drug-likeness (QED) is 0.568. The third-order valence-electron chi connectivity index (χ3n) is 2.03. The van der Waals surface area contributed by atoms with E-state index in [4.69, 9.17) is 9.84 Å².